The smallest absolute Gasteiger partial charge is 0.131 e. The number of allylic oxidation sites excluding steroid dienone is 1. The third kappa shape index (κ3) is 6.85. The number of morpholine rings is 1. The zero-order chi connectivity index (χ0) is 14.8. The predicted octanol–water partition coefficient (Wildman–Crippen LogP) is 3.65. The summed E-state index contributed by atoms with van der Waals surface area (Å²) in [5, 5.41) is 0. The molecular formula is C16H29NO2S. The summed E-state index contributed by atoms with van der Waals surface area (Å²) in [7, 11) is -1.04. The van der Waals surface area contributed by atoms with Gasteiger partial charge >= 0.3 is 0 Å². The second-order valence-electron chi connectivity index (χ2n) is 5.58. The minimum atomic E-state index is -1.04. The van der Waals surface area contributed by atoms with Gasteiger partial charge in [0.05, 0.1) is 18.1 Å². The van der Waals surface area contributed by atoms with Gasteiger partial charge in [0.15, 0.2) is 0 Å². The first-order valence-corrected chi connectivity index (χ1v) is 8.96. The first kappa shape index (κ1) is 17.6. The van der Waals surface area contributed by atoms with Crippen molar-refractivity contribution in [2.75, 3.05) is 26.3 Å². The van der Waals surface area contributed by atoms with Gasteiger partial charge in [0.25, 0.3) is 0 Å². The van der Waals surface area contributed by atoms with Crippen molar-refractivity contribution in [3.8, 4) is 0 Å². The maximum atomic E-state index is 12.6. The molecule has 1 saturated heterocycles. The van der Waals surface area contributed by atoms with Gasteiger partial charge in [-0.15, -0.1) is 5.73 Å². The number of hydrogen-bond acceptors (Lipinski definition) is 2. The second-order valence-corrected chi connectivity index (χ2v) is 7.09. The van der Waals surface area contributed by atoms with E-state index in [9.17, 15) is 4.21 Å². The van der Waals surface area contributed by atoms with E-state index in [0.29, 0.717) is 19.1 Å². The molecule has 0 saturated carbocycles. The van der Waals surface area contributed by atoms with E-state index in [-0.39, 0.29) is 0 Å². The Labute approximate surface area is 126 Å². The molecule has 1 aliphatic rings. The molecule has 0 radical (unpaired) electrons. The van der Waals surface area contributed by atoms with Gasteiger partial charge in [0.2, 0.25) is 0 Å². The number of hydrogen-bond donors (Lipinski definition) is 0. The molecule has 3 nitrogen and oxygen atoms in total. The third-order valence-electron chi connectivity index (χ3n) is 3.25. The standard InChI is InChI=1S/C16H29NO2S/c1-4-5-6-7-8-16(10-9-15(2)3)20(18)17-11-13-19-14-12-17/h9,15H,4-8,11-14H2,1-3H3. The summed E-state index contributed by atoms with van der Waals surface area (Å²) in [6.45, 7) is 9.34. The highest BCUT2D eigenvalue weighted by atomic mass is 32.2. The Bertz CT molecular complexity index is 353. The second kappa shape index (κ2) is 10.3. The van der Waals surface area contributed by atoms with E-state index in [1.54, 1.807) is 0 Å². The van der Waals surface area contributed by atoms with Gasteiger partial charge in [-0.25, -0.2) is 8.51 Å². The van der Waals surface area contributed by atoms with Crippen LogP contribution in [-0.2, 0) is 15.7 Å². The average Bonchev–Trinajstić information content (AvgIpc) is 2.46. The quantitative estimate of drug-likeness (QED) is 0.506. The average molecular weight is 299 g/mol. The first-order chi connectivity index (χ1) is 9.65. The Morgan fingerprint density at radius 3 is 2.60 bits per heavy atom. The maximum absolute atomic E-state index is 12.6. The summed E-state index contributed by atoms with van der Waals surface area (Å²) in [4.78, 5) is 0.955. The molecule has 4 heteroatoms. The van der Waals surface area contributed by atoms with Crippen molar-refractivity contribution in [2.24, 2.45) is 5.92 Å². The summed E-state index contributed by atoms with van der Waals surface area (Å²) in [6.07, 6.45) is 7.74. The molecule has 20 heavy (non-hydrogen) atoms. The lowest BCUT2D eigenvalue weighted by Crippen LogP contribution is -2.37. The number of ether oxygens (including phenoxy) is 1. The van der Waals surface area contributed by atoms with Gasteiger partial charge in [-0.1, -0.05) is 40.0 Å². The van der Waals surface area contributed by atoms with Crippen LogP contribution in [0.1, 0.15) is 52.9 Å². The van der Waals surface area contributed by atoms with E-state index in [0.717, 1.165) is 30.8 Å². The zero-order valence-corrected chi connectivity index (χ0v) is 14.0. The third-order valence-corrected chi connectivity index (χ3v) is 4.83. The van der Waals surface area contributed by atoms with Crippen LogP contribution >= 0.6 is 0 Å². The topological polar surface area (TPSA) is 29.5 Å². The fourth-order valence-corrected chi connectivity index (χ4v) is 3.33. The van der Waals surface area contributed by atoms with E-state index in [4.69, 9.17) is 4.74 Å². The molecule has 0 N–H and O–H groups in total. The highest BCUT2D eigenvalue weighted by molar-refractivity contribution is 7.86. The maximum Gasteiger partial charge on any atom is 0.131 e. The molecular weight excluding hydrogens is 270 g/mol. The summed E-state index contributed by atoms with van der Waals surface area (Å²) in [5.74, 6) is 0.447. The van der Waals surface area contributed by atoms with Crippen molar-refractivity contribution >= 4 is 11.0 Å². The molecule has 116 valence electrons. The van der Waals surface area contributed by atoms with Gasteiger partial charge in [0, 0.05) is 13.1 Å². The lowest BCUT2D eigenvalue weighted by molar-refractivity contribution is 0.0754. The highest BCUT2D eigenvalue weighted by Gasteiger charge is 2.19. The Hall–Kier alpha value is -0.410. The van der Waals surface area contributed by atoms with Gasteiger partial charge < -0.3 is 4.74 Å². The van der Waals surface area contributed by atoms with Crippen molar-refractivity contribution in [3.05, 3.63) is 16.7 Å². The monoisotopic (exact) mass is 299 g/mol. The Kier molecular flexibility index (Phi) is 9.12. The van der Waals surface area contributed by atoms with E-state index in [2.05, 4.69) is 26.5 Å². The van der Waals surface area contributed by atoms with Crippen molar-refractivity contribution < 1.29 is 8.95 Å². The SMILES string of the molecule is CCCCCCC(=C=CC(C)C)S(=O)N1CCOCC1. The van der Waals surface area contributed by atoms with Crippen LogP contribution in [0, 0.1) is 5.92 Å². The fourth-order valence-electron chi connectivity index (χ4n) is 2.05. The summed E-state index contributed by atoms with van der Waals surface area (Å²) in [5.41, 5.74) is 3.30. The molecule has 1 atom stereocenters. The normalized spacial score (nSPS) is 17.8. The number of unbranched alkanes of at least 4 members (excludes halogenated alkanes) is 3. The molecule has 0 aromatic carbocycles. The van der Waals surface area contributed by atoms with E-state index < -0.39 is 11.0 Å². The lowest BCUT2D eigenvalue weighted by Gasteiger charge is -2.25. The van der Waals surface area contributed by atoms with Crippen LogP contribution in [0.15, 0.2) is 16.7 Å². The zero-order valence-electron chi connectivity index (χ0n) is 13.2. The largest absolute Gasteiger partial charge is 0.379 e. The van der Waals surface area contributed by atoms with E-state index >= 15 is 0 Å². The molecule has 0 amide bonds. The van der Waals surface area contributed by atoms with Crippen LogP contribution in [0.4, 0.5) is 0 Å². The molecule has 0 aromatic rings. The number of nitrogens with zero attached hydrogens (tertiary/aromatic N) is 1. The molecule has 1 heterocycles. The minimum Gasteiger partial charge on any atom is -0.379 e. The summed E-state index contributed by atoms with van der Waals surface area (Å²) >= 11 is 0. The van der Waals surface area contributed by atoms with Gasteiger partial charge in [-0.2, -0.15) is 0 Å². The van der Waals surface area contributed by atoms with Gasteiger partial charge in [-0.3, -0.25) is 0 Å². The fraction of sp³-hybridized carbons (Fsp3) is 0.812. The van der Waals surface area contributed by atoms with Crippen LogP contribution in [0.3, 0.4) is 0 Å². The molecule has 0 bridgehead atoms. The number of rotatable bonds is 8. The highest BCUT2D eigenvalue weighted by Crippen LogP contribution is 2.17. The van der Waals surface area contributed by atoms with E-state index in [1.165, 1.54) is 19.3 Å². The predicted molar refractivity (Wildman–Crippen MR) is 85.7 cm³/mol. The molecule has 0 aromatic heterocycles. The van der Waals surface area contributed by atoms with Crippen LogP contribution in [0.5, 0.6) is 0 Å². The molecule has 0 spiro atoms. The Morgan fingerprint density at radius 1 is 1.30 bits per heavy atom. The first-order valence-electron chi connectivity index (χ1n) is 7.85. The van der Waals surface area contributed by atoms with Crippen LogP contribution < -0.4 is 0 Å². The van der Waals surface area contributed by atoms with E-state index in [1.807, 2.05) is 10.4 Å². The van der Waals surface area contributed by atoms with Crippen LogP contribution in [0.2, 0.25) is 0 Å². The minimum absolute atomic E-state index is 0.447. The molecule has 1 fully saturated rings. The summed E-state index contributed by atoms with van der Waals surface area (Å²) < 4.78 is 20.0. The Balaban J connectivity index is 2.65. The van der Waals surface area contributed by atoms with Crippen LogP contribution in [-0.4, -0.2) is 34.8 Å². The molecule has 1 unspecified atom stereocenters. The summed E-state index contributed by atoms with van der Waals surface area (Å²) in [6, 6.07) is 0. The Morgan fingerprint density at radius 2 is 2.00 bits per heavy atom. The van der Waals surface area contributed by atoms with Crippen molar-refractivity contribution in [1.29, 1.82) is 0 Å². The van der Waals surface area contributed by atoms with Crippen LogP contribution in [0.25, 0.3) is 0 Å². The van der Waals surface area contributed by atoms with Gasteiger partial charge in [-0.05, 0) is 24.8 Å². The van der Waals surface area contributed by atoms with Crippen molar-refractivity contribution in [1.82, 2.24) is 4.31 Å². The lowest BCUT2D eigenvalue weighted by atomic mass is 10.1. The van der Waals surface area contributed by atoms with Crippen molar-refractivity contribution in [2.45, 2.75) is 52.9 Å². The van der Waals surface area contributed by atoms with Crippen molar-refractivity contribution in [3.63, 3.8) is 0 Å². The molecule has 1 aliphatic heterocycles. The molecule has 0 aliphatic carbocycles. The molecule has 1 rings (SSSR count). The van der Waals surface area contributed by atoms with Gasteiger partial charge in [0.1, 0.15) is 11.0 Å².